The molecule has 6 aromatic carbocycles. The minimum absolute atomic E-state index is 0.0168. The van der Waals surface area contributed by atoms with Crippen LogP contribution in [0.2, 0.25) is 0 Å². The lowest BCUT2D eigenvalue weighted by atomic mass is 9.85. The van der Waals surface area contributed by atoms with Gasteiger partial charge in [-0.15, -0.1) is 0 Å². The maximum absolute atomic E-state index is 6.94. The maximum Gasteiger partial charge on any atom is 0.269 e. The Morgan fingerprint density at radius 2 is 1.15 bits per heavy atom. The number of pyridine rings is 1. The van der Waals surface area contributed by atoms with Gasteiger partial charge >= 0.3 is 0 Å². The summed E-state index contributed by atoms with van der Waals surface area (Å²) in [6.45, 7) is 20.3. The topological polar surface area (TPSA) is 35.9 Å². The molecule has 0 radical (unpaired) electrons. The molecule has 0 saturated heterocycles. The van der Waals surface area contributed by atoms with Crippen LogP contribution in [0, 0.1) is 6.33 Å². The van der Waals surface area contributed by atoms with Crippen LogP contribution >= 0.6 is 0 Å². The fraction of sp³-hybridized carbons (Fsp3) is 0.214. The van der Waals surface area contributed by atoms with Gasteiger partial charge in [0.1, 0.15) is 17.3 Å². The minimum Gasteiger partial charge on any atom is -0.458 e. The van der Waals surface area contributed by atoms with E-state index in [9.17, 15) is 0 Å². The molecule has 0 aliphatic rings. The van der Waals surface area contributed by atoms with Crippen LogP contribution in [0.25, 0.3) is 61.3 Å². The zero-order chi connectivity index (χ0) is 42.7. The van der Waals surface area contributed by atoms with Crippen molar-refractivity contribution in [3.63, 3.8) is 0 Å². The number of fused-ring (bicyclic) bond motifs is 3. The summed E-state index contributed by atoms with van der Waals surface area (Å²) >= 11 is 0. The van der Waals surface area contributed by atoms with Crippen molar-refractivity contribution >= 4 is 21.8 Å². The lowest BCUT2D eigenvalue weighted by Gasteiger charge is -2.22. The third-order valence-corrected chi connectivity index (χ3v) is 11.6. The van der Waals surface area contributed by atoms with Crippen LogP contribution in [-0.4, -0.2) is 14.1 Å². The summed E-state index contributed by atoms with van der Waals surface area (Å²) < 4.78 is 13.6. The van der Waals surface area contributed by atoms with Gasteiger partial charge in [0.15, 0.2) is 0 Å². The average molecular weight is 799 g/mol. The van der Waals surface area contributed by atoms with Gasteiger partial charge < -0.3 is 4.74 Å². The number of benzene rings is 6. The third-order valence-electron chi connectivity index (χ3n) is 11.6. The Kier molecular flexibility index (Phi) is 9.82. The van der Waals surface area contributed by atoms with Crippen molar-refractivity contribution in [3.8, 4) is 50.9 Å². The van der Waals surface area contributed by atoms with Crippen molar-refractivity contribution in [1.29, 1.82) is 0 Å². The molecule has 9 aromatic rings. The Hall–Kier alpha value is -6.72. The molecule has 3 aromatic heterocycles. The molecule has 9 rings (SSSR count). The van der Waals surface area contributed by atoms with E-state index in [4.69, 9.17) is 9.72 Å². The number of imidazole rings is 1. The predicted molar refractivity (Wildman–Crippen MR) is 252 cm³/mol. The van der Waals surface area contributed by atoms with Crippen LogP contribution in [0.1, 0.15) is 79.1 Å². The lowest BCUT2D eigenvalue weighted by Crippen LogP contribution is -2.29. The highest BCUT2D eigenvalue weighted by Crippen LogP contribution is 2.38. The largest absolute Gasteiger partial charge is 0.458 e. The molecule has 3 heterocycles. The van der Waals surface area contributed by atoms with Crippen LogP contribution in [0.4, 0.5) is 0 Å². The van der Waals surface area contributed by atoms with Crippen molar-refractivity contribution in [2.24, 2.45) is 0 Å². The Bertz CT molecular complexity index is 3040. The summed E-state index contributed by atoms with van der Waals surface area (Å²) in [5.41, 5.74) is 12.1. The van der Waals surface area contributed by atoms with Gasteiger partial charge in [-0.25, -0.2) is 4.98 Å². The molecular weight excluding hydrogens is 745 g/mol. The van der Waals surface area contributed by atoms with Gasteiger partial charge in [0.05, 0.1) is 28.1 Å². The second-order valence-electron chi connectivity index (χ2n) is 19.3. The summed E-state index contributed by atoms with van der Waals surface area (Å²) in [6.07, 6.45) is 7.95. The molecular formula is C56H54N4O. The predicted octanol–water partition coefficient (Wildman–Crippen LogP) is 14.1. The molecule has 0 unspecified atom stereocenters. The number of para-hydroxylation sites is 1. The van der Waals surface area contributed by atoms with E-state index in [1.54, 1.807) is 0 Å². The molecule has 0 spiro atoms. The first-order valence-electron chi connectivity index (χ1n) is 21.3. The standard InChI is InChI=1S/C56H54N4O/c1-54(2,3)42-26-27-57-53(33-42)60-50-23-17-16-22-48(50)49-25-24-46(35-51(49)60)61-47-31-41(39-20-14-11-15-21-39)30-45(34-47)59-37-58(36-52(59)56(7,8)9)44-29-40(38-18-12-10-13-19-38)28-43(32-44)55(4,5)6/h10-36H,1-9H3. The quantitative estimate of drug-likeness (QED) is 0.119. The molecule has 304 valence electrons. The summed E-state index contributed by atoms with van der Waals surface area (Å²) in [7, 11) is 0. The summed E-state index contributed by atoms with van der Waals surface area (Å²) in [4.78, 5) is 4.90. The highest BCUT2D eigenvalue weighted by atomic mass is 16.5. The molecule has 61 heavy (non-hydrogen) atoms. The van der Waals surface area contributed by atoms with Crippen LogP contribution in [0.5, 0.6) is 11.5 Å². The smallest absolute Gasteiger partial charge is 0.269 e. The van der Waals surface area contributed by atoms with Crippen LogP contribution < -0.4 is 9.30 Å². The minimum atomic E-state index is -0.202. The molecule has 0 fully saturated rings. The third kappa shape index (κ3) is 7.89. The Balaban J connectivity index is 1.19. The fourth-order valence-corrected chi connectivity index (χ4v) is 8.18. The van der Waals surface area contributed by atoms with E-state index < -0.39 is 0 Å². The van der Waals surface area contributed by atoms with Gasteiger partial charge in [-0.3, -0.25) is 13.7 Å². The monoisotopic (exact) mass is 798 g/mol. The molecule has 5 heteroatoms. The summed E-state index contributed by atoms with van der Waals surface area (Å²) in [5, 5.41) is 2.33. The van der Waals surface area contributed by atoms with E-state index in [1.165, 1.54) is 27.6 Å². The van der Waals surface area contributed by atoms with E-state index >= 15 is 0 Å². The summed E-state index contributed by atoms with van der Waals surface area (Å²) in [6, 6.07) is 53.9. The molecule has 0 atom stereocenters. The van der Waals surface area contributed by atoms with E-state index in [0.717, 1.165) is 61.9 Å². The molecule has 5 nitrogen and oxygen atoms in total. The second kappa shape index (κ2) is 15.1. The van der Waals surface area contributed by atoms with Gasteiger partial charge in [0.2, 0.25) is 0 Å². The van der Waals surface area contributed by atoms with Crippen LogP contribution in [0.3, 0.4) is 0 Å². The number of aromatic nitrogens is 4. The van der Waals surface area contributed by atoms with Gasteiger partial charge in [0.25, 0.3) is 6.33 Å². The lowest BCUT2D eigenvalue weighted by molar-refractivity contribution is -0.599. The van der Waals surface area contributed by atoms with Gasteiger partial charge in [-0.1, -0.05) is 147 Å². The molecule has 0 saturated carbocycles. The molecule has 0 aliphatic carbocycles. The zero-order valence-electron chi connectivity index (χ0n) is 36.8. The Labute approximate surface area is 360 Å². The number of hydrogen-bond donors (Lipinski definition) is 0. The number of hydrogen-bond acceptors (Lipinski definition) is 2. The van der Waals surface area contributed by atoms with Crippen molar-refractivity contribution in [2.75, 3.05) is 0 Å². The van der Waals surface area contributed by atoms with E-state index in [1.807, 2.05) is 6.20 Å². The van der Waals surface area contributed by atoms with Crippen molar-refractivity contribution in [3.05, 3.63) is 187 Å². The van der Waals surface area contributed by atoms with Crippen molar-refractivity contribution in [2.45, 2.75) is 78.6 Å². The number of ether oxygens (including phenoxy) is 1. The molecule has 0 amide bonds. The van der Waals surface area contributed by atoms with Crippen molar-refractivity contribution in [1.82, 2.24) is 14.1 Å². The van der Waals surface area contributed by atoms with Crippen LogP contribution in [-0.2, 0) is 16.2 Å². The normalized spacial score (nSPS) is 12.3. The molecule has 0 aliphatic heterocycles. The Morgan fingerprint density at radius 1 is 0.508 bits per heavy atom. The molecule has 0 bridgehead atoms. The first-order valence-corrected chi connectivity index (χ1v) is 21.3. The Morgan fingerprint density at radius 3 is 1.82 bits per heavy atom. The van der Waals surface area contributed by atoms with Gasteiger partial charge in [-0.2, -0.15) is 0 Å². The number of rotatable bonds is 7. The van der Waals surface area contributed by atoms with Crippen LogP contribution in [0.15, 0.2) is 164 Å². The molecule has 0 N–H and O–H groups in total. The zero-order valence-corrected chi connectivity index (χ0v) is 36.8. The maximum atomic E-state index is 6.94. The van der Waals surface area contributed by atoms with E-state index in [0.29, 0.717) is 0 Å². The fourth-order valence-electron chi connectivity index (χ4n) is 8.18. The second-order valence-corrected chi connectivity index (χ2v) is 19.3. The summed E-state index contributed by atoms with van der Waals surface area (Å²) in [5.74, 6) is 2.37. The highest BCUT2D eigenvalue weighted by molar-refractivity contribution is 6.09. The van der Waals surface area contributed by atoms with E-state index in [2.05, 4.69) is 240 Å². The van der Waals surface area contributed by atoms with Crippen molar-refractivity contribution < 1.29 is 9.30 Å². The average Bonchev–Trinajstić information content (AvgIpc) is 3.85. The highest BCUT2D eigenvalue weighted by Gasteiger charge is 2.25. The first-order chi connectivity index (χ1) is 29.1. The van der Waals surface area contributed by atoms with E-state index in [-0.39, 0.29) is 16.2 Å². The first kappa shape index (κ1) is 39.7. The SMILES string of the molecule is CC(C)(C)c1cc(-c2ccccc2)cc(-[n+]2[c-]n(-c3cc(Oc4ccc5c6ccccc6n(-c6cc(C(C)(C)C)ccn6)c5c4)cc(-c4ccccc4)c3)c(C(C)(C)C)c2)c1. The number of nitrogens with zero attached hydrogens (tertiary/aromatic N) is 4. The van der Waals surface area contributed by atoms with Gasteiger partial charge in [0, 0.05) is 29.2 Å². The van der Waals surface area contributed by atoms with Gasteiger partial charge in [-0.05, 0) is 110 Å².